The number of ether oxygens (including phenoxy) is 3. The number of anilines is 1. The van der Waals surface area contributed by atoms with Gasteiger partial charge in [-0.1, -0.05) is 23.2 Å². The van der Waals surface area contributed by atoms with E-state index in [1.165, 1.54) is 0 Å². The van der Waals surface area contributed by atoms with Crippen molar-refractivity contribution in [2.24, 2.45) is 0 Å². The van der Waals surface area contributed by atoms with Crippen LogP contribution in [0.1, 0.15) is 15.9 Å². The standard InChI is InChI=1S/C22H19Cl2NO4/c1-27-19-4-6-20(7-5-19)29-13-15-9-14(3-8-21(15)28-2)22(26)25-18-11-16(23)10-17(24)12-18/h3-12H,13H2,1-2H3,(H,25,26). The highest BCUT2D eigenvalue weighted by atomic mass is 35.5. The topological polar surface area (TPSA) is 56.8 Å². The predicted octanol–water partition coefficient (Wildman–Crippen LogP) is 5.84. The minimum absolute atomic E-state index is 0.236. The molecule has 0 heterocycles. The first-order valence-corrected chi connectivity index (χ1v) is 9.45. The van der Waals surface area contributed by atoms with Crippen molar-refractivity contribution in [2.75, 3.05) is 19.5 Å². The van der Waals surface area contributed by atoms with Crippen molar-refractivity contribution in [3.63, 3.8) is 0 Å². The normalized spacial score (nSPS) is 10.3. The van der Waals surface area contributed by atoms with Gasteiger partial charge in [-0.05, 0) is 60.7 Å². The lowest BCUT2D eigenvalue weighted by Crippen LogP contribution is -2.13. The first-order valence-electron chi connectivity index (χ1n) is 8.69. The van der Waals surface area contributed by atoms with E-state index in [1.807, 2.05) is 24.3 Å². The number of nitrogens with one attached hydrogen (secondary N) is 1. The highest BCUT2D eigenvalue weighted by Gasteiger charge is 2.12. The third-order valence-electron chi connectivity index (χ3n) is 4.12. The van der Waals surface area contributed by atoms with Crippen molar-refractivity contribution in [2.45, 2.75) is 6.61 Å². The van der Waals surface area contributed by atoms with Crippen LogP contribution in [0, 0.1) is 0 Å². The van der Waals surface area contributed by atoms with Gasteiger partial charge in [0, 0.05) is 26.9 Å². The van der Waals surface area contributed by atoms with Crippen LogP contribution in [0.4, 0.5) is 5.69 Å². The second-order valence-corrected chi connectivity index (χ2v) is 6.98. The number of benzene rings is 3. The zero-order valence-electron chi connectivity index (χ0n) is 15.9. The lowest BCUT2D eigenvalue weighted by atomic mass is 10.1. The molecule has 0 spiro atoms. The van der Waals surface area contributed by atoms with Crippen LogP contribution in [0.5, 0.6) is 17.2 Å². The summed E-state index contributed by atoms with van der Waals surface area (Å²) in [5, 5.41) is 3.67. The van der Waals surface area contributed by atoms with Gasteiger partial charge in [-0.2, -0.15) is 0 Å². The van der Waals surface area contributed by atoms with Gasteiger partial charge in [0.25, 0.3) is 5.91 Å². The van der Waals surface area contributed by atoms with Gasteiger partial charge in [0.05, 0.1) is 14.2 Å². The Morgan fingerprint density at radius 2 is 1.52 bits per heavy atom. The molecule has 3 aromatic carbocycles. The van der Waals surface area contributed by atoms with Gasteiger partial charge in [-0.25, -0.2) is 0 Å². The van der Waals surface area contributed by atoms with Crippen molar-refractivity contribution >= 4 is 34.8 Å². The summed E-state index contributed by atoms with van der Waals surface area (Å²) in [6.07, 6.45) is 0. The largest absolute Gasteiger partial charge is 0.497 e. The van der Waals surface area contributed by atoms with Gasteiger partial charge in [-0.15, -0.1) is 0 Å². The number of methoxy groups -OCH3 is 2. The molecule has 150 valence electrons. The Morgan fingerprint density at radius 3 is 2.14 bits per heavy atom. The van der Waals surface area contributed by atoms with Crippen LogP contribution in [0.25, 0.3) is 0 Å². The van der Waals surface area contributed by atoms with E-state index in [-0.39, 0.29) is 12.5 Å². The lowest BCUT2D eigenvalue weighted by molar-refractivity contribution is 0.102. The zero-order valence-corrected chi connectivity index (χ0v) is 17.4. The molecule has 3 aromatic rings. The molecular weight excluding hydrogens is 413 g/mol. The molecule has 7 heteroatoms. The van der Waals surface area contributed by atoms with Crippen molar-refractivity contribution < 1.29 is 19.0 Å². The van der Waals surface area contributed by atoms with Gasteiger partial charge < -0.3 is 19.5 Å². The van der Waals surface area contributed by atoms with Crippen LogP contribution >= 0.6 is 23.2 Å². The highest BCUT2D eigenvalue weighted by molar-refractivity contribution is 6.35. The first kappa shape index (κ1) is 20.8. The molecule has 1 amide bonds. The molecule has 0 aliphatic rings. The maximum atomic E-state index is 12.6. The van der Waals surface area contributed by atoms with Gasteiger partial charge in [0.2, 0.25) is 0 Å². The van der Waals surface area contributed by atoms with Crippen LogP contribution in [0.3, 0.4) is 0 Å². The third kappa shape index (κ3) is 5.56. The van der Waals surface area contributed by atoms with E-state index in [9.17, 15) is 4.79 Å². The maximum absolute atomic E-state index is 12.6. The molecule has 0 saturated carbocycles. The number of hydrogen-bond acceptors (Lipinski definition) is 4. The Kier molecular flexibility index (Phi) is 6.86. The summed E-state index contributed by atoms with van der Waals surface area (Å²) in [7, 11) is 3.18. The minimum Gasteiger partial charge on any atom is -0.497 e. The molecular formula is C22H19Cl2NO4. The minimum atomic E-state index is -0.295. The van der Waals surface area contributed by atoms with Crippen LogP contribution in [-0.2, 0) is 6.61 Å². The van der Waals surface area contributed by atoms with Crippen molar-refractivity contribution in [3.05, 3.63) is 81.8 Å². The van der Waals surface area contributed by atoms with Gasteiger partial charge in [0.15, 0.2) is 0 Å². The molecule has 0 saturated heterocycles. The van der Waals surface area contributed by atoms with E-state index in [4.69, 9.17) is 37.4 Å². The monoisotopic (exact) mass is 431 g/mol. The second kappa shape index (κ2) is 9.54. The molecule has 0 radical (unpaired) electrons. The first-order chi connectivity index (χ1) is 14.0. The van der Waals surface area contributed by atoms with E-state index in [0.717, 1.165) is 11.3 Å². The molecule has 0 unspecified atom stereocenters. The molecule has 0 bridgehead atoms. The summed E-state index contributed by atoms with van der Waals surface area (Å²) in [6.45, 7) is 0.236. The van der Waals surface area contributed by atoms with E-state index in [1.54, 1.807) is 50.6 Å². The second-order valence-electron chi connectivity index (χ2n) is 6.10. The summed E-state index contributed by atoms with van der Waals surface area (Å²) in [5.74, 6) is 1.75. The Bertz CT molecular complexity index is 986. The van der Waals surface area contributed by atoms with E-state index in [0.29, 0.717) is 32.8 Å². The van der Waals surface area contributed by atoms with Crippen molar-refractivity contribution in [3.8, 4) is 17.2 Å². The van der Waals surface area contributed by atoms with Gasteiger partial charge in [-0.3, -0.25) is 4.79 Å². The predicted molar refractivity (Wildman–Crippen MR) is 115 cm³/mol. The molecule has 0 aliphatic heterocycles. The van der Waals surface area contributed by atoms with Crippen molar-refractivity contribution in [1.29, 1.82) is 0 Å². The van der Waals surface area contributed by atoms with Crippen molar-refractivity contribution in [1.82, 2.24) is 0 Å². The summed E-state index contributed by atoms with van der Waals surface area (Å²) in [5.41, 5.74) is 1.70. The number of carbonyl (C=O) groups is 1. The molecule has 0 aliphatic carbocycles. The smallest absolute Gasteiger partial charge is 0.255 e. The van der Waals surface area contributed by atoms with Crippen LogP contribution in [0.15, 0.2) is 60.7 Å². The van der Waals surface area contributed by atoms with Crippen LogP contribution in [0.2, 0.25) is 10.0 Å². The molecule has 0 atom stereocenters. The summed E-state index contributed by atoms with van der Waals surface area (Å²) >= 11 is 12.0. The summed E-state index contributed by atoms with van der Waals surface area (Å²) in [4.78, 5) is 12.6. The molecule has 29 heavy (non-hydrogen) atoms. The summed E-state index contributed by atoms with van der Waals surface area (Å²) in [6, 6.07) is 17.2. The Balaban J connectivity index is 1.75. The van der Waals surface area contributed by atoms with Crippen LogP contribution in [-0.4, -0.2) is 20.1 Å². The zero-order chi connectivity index (χ0) is 20.8. The molecule has 3 rings (SSSR count). The molecule has 1 N–H and O–H groups in total. The number of carbonyl (C=O) groups excluding carboxylic acids is 1. The highest BCUT2D eigenvalue weighted by Crippen LogP contribution is 2.26. The van der Waals surface area contributed by atoms with Gasteiger partial charge >= 0.3 is 0 Å². The number of amides is 1. The number of hydrogen-bond donors (Lipinski definition) is 1. The van der Waals surface area contributed by atoms with E-state index < -0.39 is 0 Å². The fourth-order valence-corrected chi connectivity index (χ4v) is 3.22. The molecule has 0 aromatic heterocycles. The van der Waals surface area contributed by atoms with Gasteiger partial charge in [0.1, 0.15) is 23.9 Å². The lowest BCUT2D eigenvalue weighted by Gasteiger charge is -2.13. The quantitative estimate of drug-likeness (QED) is 0.510. The Morgan fingerprint density at radius 1 is 0.862 bits per heavy atom. The van der Waals surface area contributed by atoms with E-state index >= 15 is 0 Å². The average Bonchev–Trinajstić information content (AvgIpc) is 2.71. The fourth-order valence-electron chi connectivity index (χ4n) is 2.69. The molecule has 5 nitrogen and oxygen atoms in total. The fraction of sp³-hybridized carbons (Fsp3) is 0.136. The average molecular weight is 432 g/mol. The summed E-state index contributed by atoms with van der Waals surface area (Å²) < 4.78 is 16.3. The SMILES string of the molecule is COc1ccc(OCc2cc(C(=O)Nc3cc(Cl)cc(Cl)c3)ccc2OC)cc1. The Labute approximate surface area is 179 Å². The molecule has 0 fully saturated rings. The van der Waals surface area contributed by atoms with E-state index in [2.05, 4.69) is 5.32 Å². The number of halogens is 2. The van der Waals surface area contributed by atoms with Crippen LogP contribution < -0.4 is 19.5 Å². The Hall–Kier alpha value is -2.89. The number of rotatable bonds is 7. The maximum Gasteiger partial charge on any atom is 0.255 e. The third-order valence-corrected chi connectivity index (χ3v) is 4.55.